The molecule has 0 saturated carbocycles. The van der Waals surface area contributed by atoms with Crippen LogP contribution < -0.4 is 0 Å². The van der Waals surface area contributed by atoms with Gasteiger partial charge in [-0.1, -0.05) is 37.9 Å². The summed E-state index contributed by atoms with van der Waals surface area (Å²) in [4.78, 5) is 32.8. The Balaban J connectivity index is 3.17. The fraction of sp³-hybridized carbons (Fsp3) is 0.167. The molecule has 0 aliphatic carbocycles. The molecule has 0 bridgehead atoms. The van der Waals surface area contributed by atoms with Crippen molar-refractivity contribution in [3.8, 4) is 0 Å². The van der Waals surface area contributed by atoms with Crippen molar-refractivity contribution in [3.63, 3.8) is 0 Å². The van der Waals surface area contributed by atoms with Crippen molar-refractivity contribution in [2.24, 2.45) is 0 Å². The number of aliphatic carboxylic acids is 3. The highest BCUT2D eigenvalue weighted by atomic mass is 16.4. The van der Waals surface area contributed by atoms with Gasteiger partial charge in [0.1, 0.15) is 0 Å². The predicted octanol–water partition coefficient (Wildman–Crippen LogP) is 2.24. The minimum absolute atomic E-state index is 0.0211. The summed E-state index contributed by atoms with van der Waals surface area (Å²) in [7, 11) is 0. The third kappa shape index (κ3) is 5.57. The lowest BCUT2D eigenvalue weighted by Gasteiger charge is -2.10. The van der Waals surface area contributed by atoms with Gasteiger partial charge >= 0.3 is 17.9 Å². The van der Waals surface area contributed by atoms with Crippen molar-refractivity contribution < 1.29 is 29.7 Å². The summed E-state index contributed by atoms with van der Waals surface area (Å²) in [6.07, 6.45) is 0.194. The van der Waals surface area contributed by atoms with Crippen LogP contribution in [0.5, 0.6) is 0 Å². The number of carbonyl (C=O) groups is 3. The average molecular weight is 330 g/mol. The van der Waals surface area contributed by atoms with E-state index in [2.05, 4.69) is 19.7 Å². The zero-order valence-corrected chi connectivity index (χ0v) is 13.0. The molecule has 0 spiro atoms. The molecule has 0 unspecified atom stereocenters. The number of carboxylic acids is 3. The van der Waals surface area contributed by atoms with Crippen LogP contribution in [0.25, 0.3) is 0 Å². The molecular weight excluding hydrogens is 312 g/mol. The Morgan fingerprint density at radius 3 is 1.00 bits per heavy atom. The fourth-order valence-corrected chi connectivity index (χ4v) is 2.11. The van der Waals surface area contributed by atoms with Crippen LogP contribution in [0, 0.1) is 0 Å². The minimum Gasteiger partial charge on any atom is -0.478 e. The van der Waals surface area contributed by atoms with Gasteiger partial charge in [0.15, 0.2) is 0 Å². The summed E-state index contributed by atoms with van der Waals surface area (Å²) in [6.45, 7) is 10.4. The van der Waals surface area contributed by atoms with Crippen LogP contribution in [0.3, 0.4) is 0 Å². The second kappa shape index (κ2) is 7.92. The van der Waals surface area contributed by atoms with Crippen LogP contribution in [0.15, 0.2) is 54.7 Å². The molecule has 24 heavy (non-hydrogen) atoms. The molecule has 0 aliphatic heterocycles. The molecule has 1 aromatic rings. The highest BCUT2D eigenvalue weighted by molar-refractivity contribution is 5.87. The maximum atomic E-state index is 10.9. The van der Waals surface area contributed by atoms with Gasteiger partial charge < -0.3 is 15.3 Å². The molecule has 0 amide bonds. The number of benzene rings is 1. The standard InChI is InChI=1S/C18H18O6/c1-10(16(19)20)4-13-7-14(5-11(2)17(21)22)9-15(8-13)6-12(3)18(23)24/h7-9H,1-6H2,(H,19,20)(H,21,22)(H,23,24). The van der Waals surface area contributed by atoms with E-state index in [1.165, 1.54) is 0 Å². The lowest BCUT2D eigenvalue weighted by Crippen LogP contribution is -2.07. The van der Waals surface area contributed by atoms with Crippen molar-refractivity contribution in [1.82, 2.24) is 0 Å². The number of carboxylic acid groups (broad SMARTS) is 3. The summed E-state index contributed by atoms with van der Waals surface area (Å²) < 4.78 is 0. The van der Waals surface area contributed by atoms with Gasteiger partial charge in [0.2, 0.25) is 0 Å². The average Bonchev–Trinajstić information content (AvgIpc) is 2.46. The summed E-state index contributed by atoms with van der Waals surface area (Å²) in [6, 6.07) is 4.99. The van der Waals surface area contributed by atoms with Gasteiger partial charge in [0.25, 0.3) is 0 Å². The lowest BCUT2D eigenvalue weighted by atomic mass is 9.94. The van der Waals surface area contributed by atoms with Crippen LogP contribution in [0.1, 0.15) is 16.7 Å². The quantitative estimate of drug-likeness (QED) is 0.599. The van der Waals surface area contributed by atoms with Crippen LogP contribution in [0.2, 0.25) is 0 Å². The molecule has 1 rings (SSSR count). The van der Waals surface area contributed by atoms with Crippen molar-refractivity contribution >= 4 is 17.9 Å². The Hall–Kier alpha value is -3.15. The van der Waals surface area contributed by atoms with E-state index in [1.807, 2.05) is 0 Å². The Morgan fingerprint density at radius 2 is 0.833 bits per heavy atom. The molecule has 6 nitrogen and oxygen atoms in total. The third-order valence-corrected chi connectivity index (χ3v) is 3.27. The second-order valence-corrected chi connectivity index (χ2v) is 5.41. The molecule has 126 valence electrons. The highest BCUT2D eigenvalue weighted by Crippen LogP contribution is 2.19. The number of hydrogen-bond acceptors (Lipinski definition) is 3. The van der Waals surface area contributed by atoms with Crippen molar-refractivity contribution in [2.45, 2.75) is 19.3 Å². The highest BCUT2D eigenvalue weighted by Gasteiger charge is 2.12. The van der Waals surface area contributed by atoms with E-state index in [1.54, 1.807) is 18.2 Å². The minimum atomic E-state index is -1.13. The zero-order valence-electron chi connectivity index (χ0n) is 13.0. The molecule has 0 aromatic heterocycles. The van der Waals surface area contributed by atoms with Crippen LogP contribution in [0.4, 0.5) is 0 Å². The topological polar surface area (TPSA) is 112 Å². The SMILES string of the molecule is C=C(Cc1cc(CC(=C)C(=O)O)cc(CC(=C)C(=O)O)c1)C(=O)O. The number of hydrogen-bond donors (Lipinski definition) is 3. The first-order valence-corrected chi connectivity index (χ1v) is 6.95. The van der Waals surface area contributed by atoms with E-state index in [0.29, 0.717) is 16.7 Å². The molecule has 6 heteroatoms. The van der Waals surface area contributed by atoms with Gasteiger partial charge in [-0.2, -0.15) is 0 Å². The van der Waals surface area contributed by atoms with Crippen molar-refractivity contribution in [1.29, 1.82) is 0 Å². The maximum absolute atomic E-state index is 10.9. The largest absolute Gasteiger partial charge is 0.478 e. The molecular formula is C18H18O6. The van der Waals surface area contributed by atoms with E-state index in [0.717, 1.165) is 0 Å². The van der Waals surface area contributed by atoms with Gasteiger partial charge in [-0.05, 0) is 16.7 Å². The first-order valence-electron chi connectivity index (χ1n) is 6.95. The maximum Gasteiger partial charge on any atom is 0.331 e. The van der Waals surface area contributed by atoms with Crippen LogP contribution in [-0.2, 0) is 33.6 Å². The summed E-state index contributed by atoms with van der Waals surface area (Å²) >= 11 is 0. The van der Waals surface area contributed by atoms with E-state index < -0.39 is 17.9 Å². The van der Waals surface area contributed by atoms with Crippen LogP contribution >= 0.6 is 0 Å². The Kier molecular flexibility index (Phi) is 6.23. The van der Waals surface area contributed by atoms with Gasteiger partial charge in [-0.25, -0.2) is 14.4 Å². The van der Waals surface area contributed by atoms with Gasteiger partial charge in [0.05, 0.1) is 0 Å². The van der Waals surface area contributed by atoms with Crippen molar-refractivity contribution in [2.75, 3.05) is 0 Å². The van der Waals surface area contributed by atoms with E-state index >= 15 is 0 Å². The van der Waals surface area contributed by atoms with Crippen molar-refractivity contribution in [3.05, 3.63) is 71.3 Å². The molecule has 0 heterocycles. The Morgan fingerprint density at radius 1 is 0.625 bits per heavy atom. The molecule has 3 N–H and O–H groups in total. The monoisotopic (exact) mass is 330 g/mol. The molecule has 1 aromatic carbocycles. The van der Waals surface area contributed by atoms with Crippen LogP contribution in [-0.4, -0.2) is 33.2 Å². The summed E-state index contributed by atoms with van der Waals surface area (Å²) in [5.41, 5.74) is 1.75. The molecule has 0 saturated heterocycles. The smallest absolute Gasteiger partial charge is 0.331 e. The first kappa shape index (κ1) is 18.9. The molecule has 0 fully saturated rings. The Bertz CT molecular complexity index is 630. The van der Waals surface area contributed by atoms with Gasteiger partial charge in [-0.15, -0.1) is 0 Å². The third-order valence-electron chi connectivity index (χ3n) is 3.27. The number of rotatable bonds is 9. The van der Waals surface area contributed by atoms with E-state index in [-0.39, 0.29) is 36.0 Å². The lowest BCUT2D eigenvalue weighted by molar-refractivity contribution is -0.133. The summed E-state index contributed by atoms with van der Waals surface area (Å²) in [5, 5.41) is 26.8. The molecule has 0 atom stereocenters. The second-order valence-electron chi connectivity index (χ2n) is 5.41. The summed E-state index contributed by atoms with van der Waals surface area (Å²) in [5.74, 6) is -3.40. The zero-order chi connectivity index (χ0) is 18.4. The van der Waals surface area contributed by atoms with E-state index in [4.69, 9.17) is 15.3 Å². The first-order chi connectivity index (χ1) is 11.1. The predicted molar refractivity (Wildman–Crippen MR) is 87.9 cm³/mol. The van der Waals surface area contributed by atoms with Gasteiger partial charge in [0, 0.05) is 36.0 Å². The van der Waals surface area contributed by atoms with E-state index in [9.17, 15) is 14.4 Å². The van der Waals surface area contributed by atoms with Gasteiger partial charge in [-0.3, -0.25) is 0 Å². The molecule has 0 aliphatic rings. The fourth-order valence-electron chi connectivity index (χ4n) is 2.11. The molecule has 0 radical (unpaired) electrons. The normalized spacial score (nSPS) is 10.0. The Labute approximate surface area is 139 Å².